The van der Waals surface area contributed by atoms with Gasteiger partial charge in [0.25, 0.3) is 0 Å². The molecule has 15 heavy (non-hydrogen) atoms. The molecule has 0 saturated carbocycles. The zero-order valence-electron chi connectivity index (χ0n) is 8.09. The first-order chi connectivity index (χ1) is 6.93. The molecule has 0 bridgehead atoms. The van der Waals surface area contributed by atoms with Crippen molar-refractivity contribution in [3.05, 3.63) is 54.6 Å². The summed E-state index contributed by atoms with van der Waals surface area (Å²) in [6, 6.07) is 18.6. The van der Waals surface area contributed by atoms with Crippen molar-refractivity contribution in [3.8, 4) is 0 Å². The van der Waals surface area contributed by atoms with E-state index in [2.05, 4.69) is 23.2 Å². The van der Waals surface area contributed by atoms with E-state index in [0.717, 1.165) is 11.0 Å². The highest BCUT2D eigenvalue weighted by Gasteiger charge is 1.96. The minimum absolute atomic E-state index is 0. The van der Waals surface area contributed by atoms with Crippen molar-refractivity contribution in [2.45, 2.75) is 0 Å². The van der Waals surface area contributed by atoms with Gasteiger partial charge in [0.05, 0.1) is 11.0 Å². The van der Waals surface area contributed by atoms with Crippen molar-refractivity contribution < 1.29 is 0 Å². The quantitative estimate of drug-likeness (QED) is 0.506. The van der Waals surface area contributed by atoms with Gasteiger partial charge in [-0.1, -0.05) is 36.4 Å². The molecule has 1 heterocycles. The highest BCUT2D eigenvalue weighted by Crippen LogP contribution is 2.18. The number of hydrogen-bond donors (Lipinski definition) is 0. The molecule has 0 unspecified atom stereocenters. The van der Waals surface area contributed by atoms with Crippen molar-refractivity contribution in [1.29, 1.82) is 0 Å². The Morgan fingerprint density at radius 1 is 0.667 bits per heavy atom. The molecule has 2 aromatic carbocycles. The van der Waals surface area contributed by atoms with Crippen LogP contribution in [0.25, 0.3) is 21.8 Å². The van der Waals surface area contributed by atoms with Crippen LogP contribution in [0, 0.1) is 0 Å². The van der Waals surface area contributed by atoms with Gasteiger partial charge in [-0.25, -0.2) is 4.98 Å². The zero-order valence-corrected chi connectivity index (χ0v) is 8.09. The van der Waals surface area contributed by atoms with Gasteiger partial charge in [-0.3, -0.25) is 0 Å². The smallest absolute Gasteiger partial charge is 0.0709 e. The van der Waals surface area contributed by atoms with Gasteiger partial charge in [-0.15, -0.1) is 0 Å². The minimum atomic E-state index is 0. The van der Waals surface area contributed by atoms with E-state index in [9.17, 15) is 0 Å². The maximum Gasteiger partial charge on any atom is 0.0709 e. The molecule has 0 aliphatic rings. The number of para-hydroxylation sites is 2. The summed E-state index contributed by atoms with van der Waals surface area (Å²) >= 11 is 0. The van der Waals surface area contributed by atoms with Gasteiger partial charge in [0.15, 0.2) is 0 Å². The summed E-state index contributed by atoms with van der Waals surface area (Å²) in [4.78, 5) is 4.58. The predicted molar refractivity (Wildman–Crippen MR) is 61.4 cm³/mol. The number of rotatable bonds is 0. The van der Waals surface area contributed by atoms with Crippen LogP contribution in [0.4, 0.5) is 0 Å². The van der Waals surface area contributed by atoms with Gasteiger partial charge in [0, 0.05) is 16.9 Å². The van der Waals surface area contributed by atoms with E-state index in [1.165, 1.54) is 10.8 Å². The van der Waals surface area contributed by atoms with E-state index < -0.39 is 0 Å². The van der Waals surface area contributed by atoms with Crippen LogP contribution in [-0.4, -0.2) is 4.98 Å². The second-order valence-electron chi connectivity index (χ2n) is 3.37. The first kappa shape index (κ1) is 9.62. The molecule has 2 heteroatoms. The summed E-state index contributed by atoms with van der Waals surface area (Å²) in [6.07, 6.45) is 0. The Hall–Kier alpha value is -1.93. The van der Waals surface area contributed by atoms with Crippen molar-refractivity contribution in [2.75, 3.05) is 0 Å². The molecule has 71 valence electrons. The van der Waals surface area contributed by atoms with Crippen LogP contribution in [0.3, 0.4) is 0 Å². The fraction of sp³-hybridized carbons (Fsp3) is 0. The first-order valence-electron chi connectivity index (χ1n) is 4.68. The van der Waals surface area contributed by atoms with Gasteiger partial charge >= 0.3 is 0 Å². The molecule has 0 N–H and O–H groups in total. The lowest BCUT2D eigenvalue weighted by molar-refractivity contribution is 1.50. The average molecular weight is 193 g/mol. The molecule has 0 aliphatic heterocycles. The molecule has 1 aromatic heterocycles. The van der Waals surface area contributed by atoms with Crippen LogP contribution in [-0.2, 0) is 0 Å². The molecule has 3 radical (unpaired) electrons. The second-order valence-corrected chi connectivity index (χ2v) is 3.37. The maximum absolute atomic E-state index is 4.58. The van der Waals surface area contributed by atoms with Crippen LogP contribution in [0.5, 0.6) is 0 Å². The molecule has 0 amide bonds. The minimum Gasteiger partial charge on any atom is -0.248 e. The second kappa shape index (κ2) is 3.67. The number of nitrogens with zero attached hydrogens (tertiary/aromatic N) is 2. The van der Waals surface area contributed by atoms with E-state index in [-0.39, 0.29) is 6.15 Å². The lowest BCUT2D eigenvalue weighted by Crippen LogP contribution is -1.80. The summed E-state index contributed by atoms with van der Waals surface area (Å²) in [5.41, 5.74) is 2.12. The molecule has 0 saturated heterocycles. The van der Waals surface area contributed by atoms with Crippen LogP contribution in [0.1, 0.15) is 0 Å². The van der Waals surface area contributed by atoms with E-state index in [4.69, 9.17) is 0 Å². The Kier molecular flexibility index (Phi) is 2.35. The SMILES string of the molecule is [N].c1ccc2nc3ccccc3cc2c1. The van der Waals surface area contributed by atoms with Crippen molar-refractivity contribution >= 4 is 21.8 Å². The normalized spacial score (nSPS) is 10.1. The molecule has 0 fully saturated rings. The molecular formula is C13H9N2. The largest absolute Gasteiger partial charge is 0.248 e. The fourth-order valence-electron chi connectivity index (χ4n) is 1.72. The Morgan fingerprint density at radius 2 is 1.13 bits per heavy atom. The molecule has 0 spiro atoms. The van der Waals surface area contributed by atoms with Crippen LogP contribution in [0.2, 0.25) is 0 Å². The van der Waals surface area contributed by atoms with Gasteiger partial charge in [0.2, 0.25) is 0 Å². The van der Waals surface area contributed by atoms with E-state index in [0.29, 0.717) is 0 Å². The van der Waals surface area contributed by atoms with E-state index in [1.54, 1.807) is 0 Å². The monoisotopic (exact) mass is 193 g/mol. The van der Waals surface area contributed by atoms with Gasteiger partial charge < -0.3 is 0 Å². The number of fused-ring (bicyclic) bond motifs is 2. The Bertz CT molecular complexity index is 497. The number of aromatic nitrogens is 1. The van der Waals surface area contributed by atoms with Crippen LogP contribution < -0.4 is 6.15 Å². The van der Waals surface area contributed by atoms with E-state index >= 15 is 0 Å². The Balaban J connectivity index is 0.000000853. The molecule has 3 aromatic rings. The van der Waals surface area contributed by atoms with E-state index in [1.807, 2.05) is 36.4 Å². The summed E-state index contributed by atoms with van der Waals surface area (Å²) < 4.78 is 0. The highest BCUT2D eigenvalue weighted by molar-refractivity contribution is 5.92. The van der Waals surface area contributed by atoms with Crippen molar-refractivity contribution in [1.82, 2.24) is 11.1 Å². The van der Waals surface area contributed by atoms with Crippen LogP contribution >= 0.6 is 0 Å². The Labute approximate surface area is 88.2 Å². The lowest BCUT2D eigenvalue weighted by Gasteiger charge is -1.99. The number of hydrogen-bond acceptors (Lipinski definition) is 1. The third-order valence-electron chi connectivity index (χ3n) is 2.43. The first-order valence-corrected chi connectivity index (χ1v) is 4.68. The number of pyridine rings is 1. The Morgan fingerprint density at radius 3 is 1.67 bits per heavy atom. The van der Waals surface area contributed by atoms with Crippen molar-refractivity contribution in [3.63, 3.8) is 0 Å². The maximum atomic E-state index is 4.58. The zero-order chi connectivity index (χ0) is 9.38. The van der Waals surface area contributed by atoms with Gasteiger partial charge in [0.1, 0.15) is 0 Å². The van der Waals surface area contributed by atoms with Crippen molar-refractivity contribution in [2.24, 2.45) is 0 Å². The molecule has 3 rings (SSSR count). The third kappa shape index (κ3) is 1.55. The van der Waals surface area contributed by atoms with Gasteiger partial charge in [-0.2, -0.15) is 0 Å². The topological polar surface area (TPSA) is 43.4 Å². The molecule has 0 aliphatic carbocycles. The summed E-state index contributed by atoms with van der Waals surface area (Å²) in [6.45, 7) is 0. The standard InChI is InChI=1S/C13H9N.N/c1-3-7-12-10(5-1)9-11-6-2-4-8-13(11)14-12;/h1-9H;. The summed E-state index contributed by atoms with van der Waals surface area (Å²) in [7, 11) is 0. The lowest BCUT2D eigenvalue weighted by atomic mass is 10.1. The average Bonchev–Trinajstić information content (AvgIpc) is 2.26. The predicted octanol–water partition coefficient (Wildman–Crippen LogP) is 2.91. The van der Waals surface area contributed by atoms with Gasteiger partial charge in [-0.05, 0) is 18.2 Å². The molecular weight excluding hydrogens is 184 g/mol. The highest BCUT2D eigenvalue weighted by atomic mass is 14.7. The van der Waals surface area contributed by atoms with Crippen LogP contribution in [0.15, 0.2) is 54.6 Å². The summed E-state index contributed by atoms with van der Waals surface area (Å²) in [5, 5.41) is 2.40. The molecule has 0 atom stereocenters. The number of benzene rings is 2. The fourth-order valence-corrected chi connectivity index (χ4v) is 1.72. The third-order valence-corrected chi connectivity index (χ3v) is 2.43. The molecule has 2 nitrogen and oxygen atoms in total. The summed E-state index contributed by atoms with van der Waals surface area (Å²) in [5.74, 6) is 0.